The predicted octanol–water partition coefficient (Wildman–Crippen LogP) is 2.97. The van der Waals surface area contributed by atoms with Crippen LogP contribution in [0.1, 0.15) is 18.9 Å². The molecule has 116 valence electrons. The molecule has 2 aromatic rings. The molecule has 22 heavy (non-hydrogen) atoms. The highest BCUT2D eigenvalue weighted by Gasteiger charge is 2.18. The highest BCUT2D eigenvalue weighted by atomic mass is 32.2. The van der Waals surface area contributed by atoms with Gasteiger partial charge in [0, 0.05) is 29.9 Å². The van der Waals surface area contributed by atoms with Crippen LogP contribution in [-0.2, 0) is 9.53 Å². The summed E-state index contributed by atoms with van der Waals surface area (Å²) in [5.74, 6) is 0.783. The van der Waals surface area contributed by atoms with Crippen molar-refractivity contribution in [2.24, 2.45) is 0 Å². The van der Waals surface area contributed by atoms with E-state index in [9.17, 15) is 4.79 Å². The number of hydrogen-bond donors (Lipinski definition) is 1. The minimum atomic E-state index is 0.0191. The first kappa shape index (κ1) is 15.1. The largest absolute Gasteiger partial charge is 0.379 e. The van der Waals surface area contributed by atoms with Crippen molar-refractivity contribution >= 4 is 23.4 Å². The second-order valence-electron chi connectivity index (χ2n) is 5.19. The van der Waals surface area contributed by atoms with Crippen LogP contribution in [0.4, 0.5) is 5.69 Å². The number of carbonyl (C=O) groups is 1. The van der Waals surface area contributed by atoms with Gasteiger partial charge in [0.05, 0.1) is 24.5 Å². The Hall–Kier alpha value is -1.79. The van der Waals surface area contributed by atoms with Crippen molar-refractivity contribution in [3.63, 3.8) is 0 Å². The van der Waals surface area contributed by atoms with Gasteiger partial charge in [0.2, 0.25) is 5.91 Å². The number of amides is 1. The Labute approximate surface area is 134 Å². The Balaban J connectivity index is 1.43. The van der Waals surface area contributed by atoms with Crippen LogP contribution in [0, 0.1) is 0 Å². The molecule has 3 rings (SSSR count). The molecule has 0 unspecified atom stereocenters. The van der Waals surface area contributed by atoms with Crippen molar-refractivity contribution in [2.75, 3.05) is 24.3 Å². The average Bonchev–Trinajstić information content (AvgIpc) is 3.19. The maximum atomic E-state index is 11.9. The first-order valence-corrected chi connectivity index (χ1v) is 8.39. The van der Waals surface area contributed by atoms with Gasteiger partial charge in [-0.3, -0.25) is 9.48 Å². The van der Waals surface area contributed by atoms with Crippen LogP contribution >= 0.6 is 11.8 Å². The Morgan fingerprint density at radius 2 is 2.27 bits per heavy atom. The molecule has 1 atom stereocenters. The minimum absolute atomic E-state index is 0.0191. The summed E-state index contributed by atoms with van der Waals surface area (Å²) in [6.07, 6.45) is 5.03. The lowest BCUT2D eigenvalue weighted by atomic mass is 10.3. The number of ether oxygens (including phenoxy) is 1. The van der Waals surface area contributed by atoms with E-state index >= 15 is 0 Å². The van der Waals surface area contributed by atoms with Crippen LogP contribution in [-0.4, -0.2) is 34.7 Å². The van der Waals surface area contributed by atoms with Gasteiger partial charge in [-0.15, -0.1) is 11.8 Å². The molecule has 5 nitrogen and oxygen atoms in total. The van der Waals surface area contributed by atoms with Gasteiger partial charge in [-0.25, -0.2) is 0 Å². The quantitative estimate of drug-likeness (QED) is 0.832. The summed E-state index contributed by atoms with van der Waals surface area (Å²) in [4.78, 5) is 13.1. The number of anilines is 1. The zero-order valence-corrected chi connectivity index (χ0v) is 13.1. The zero-order chi connectivity index (χ0) is 15.2. The molecule has 1 N–H and O–H groups in total. The number of hydrogen-bond acceptors (Lipinski definition) is 4. The van der Waals surface area contributed by atoms with E-state index in [0.29, 0.717) is 19.1 Å². The number of carbonyl (C=O) groups excluding carboxylic acids is 1. The summed E-state index contributed by atoms with van der Waals surface area (Å²) in [7, 11) is 0. The lowest BCUT2D eigenvalue weighted by Crippen LogP contribution is -2.12. The summed E-state index contributed by atoms with van der Waals surface area (Å²) < 4.78 is 7.22. The van der Waals surface area contributed by atoms with Crippen LogP contribution in [0.15, 0.2) is 47.6 Å². The molecule has 1 aromatic heterocycles. The van der Waals surface area contributed by atoms with E-state index in [1.54, 1.807) is 18.0 Å². The fraction of sp³-hybridized carbons (Fsp3) is 0.375. The van der Waals surface area contributed by atoms with Crippen LogP contribution in [0.3, 0.4) is 0 Å². The van der Waals surface area contributed by atoms with Gasteiger partial charge in [0.1, 0.15) is 0 Å². The van der Waals surface area contributed by atoms with Gasteiger partial charge in [0.25, 0.3) is 0 Å². The Morgan fingerprint density at radius 3 is 3.05 bits per heavy atom. The lowest BCUT2D eigenvalue weighted by Gasteiger charge is -2.07. The summed E-state index contributed by atoms with van der Waals surface area (Å²) in [6, 6.07) is 10.4. The number of benzene rings is 1. The van der Waals surface area contributed by atoms with E-state index in [4.69, 9.17) is 4.74 Å². The Kier molecular flexibility index (Phi) is 5.13. The van der Waals surface area contributed by atoms with Crippen molar-refractivity contribution in [1.29, 1.82) is 0 Å². The molecule has 0 bridgehead atoms. The molecule has 1 aliphatic heterocycles. The van der Waals surface area contributed by atoms with Crippen molar-refractivity contribution in [3.05, 3.63) is 42.7 Å². The summed E-state index contributed by atoms with van der Waals surface area (Å²) in [5.41, 5.74) is 0.751. The van der Waals surface area contributed by atoms with Crippen molar-refractivity contribution in [2.45, 2.75) is 23.8 Å². The van der Waals surface area contributed by atoms with E-state index < -0.39 is 0 Å². The molecule has 0 aliphatic carbocycles. The van der Waals surface area contributed by atoms with Gasteiger partial charge in [0.15, 0.2) is 0 Å². The number of nitrogens with one attached hydrogen (secondary N) is 1. The molecule has 0 radical (unpaired) electrons. The van der Waals surface area contributed by atoms with E-state index in [-0.39, 0.29) is 5.91 Å². The van der Waals surface area contributed by atoms with Crippen molar-refractivity contribution in [3.8, 4) is 0 Å². The number of thioether (sulfide) groups is 1. The SMILES string of the molecule is O=C(CCSc1ccccc1)Nc1cnn([C@H]2CCOC2)c1. The van der Waals surface area contributed by atoms with Crippen molar-refractivity contribution < 1.29 is 9.53 Å². The van der Waals surface area contributed by atoms with Gasteiger partial charge >= 0.3 is 0 Å². The summed E-state index contributed by atoms with van der Waals surface area (Å²) >= 11 is 1.69. The van der Waals surface area contributed by atoms with Crippen molar-refractivity contribution in [1.82, 2.24) is 9.78 Å². The smallest absolute Gasteiger partial charge is 0.225 e. The van der Waals surface area contributed by atoms with Crippen LogP contribution < -0.4 is 5.32 Å². The summed E-state index contributed by atoms with van der Waals surface area (Å²) in [6.45, 7) is 1.48. The van der Waals surface area contributed by atoms with E-state index in [1.807, 2.05) is 29.1 Å². The topological polar surface area (TPSA) is 56.2 Å². The zero-order valence-electron chi connectivity index (χ0n) is 12.3. The third-order valence-corrected chi connectivity index (χ3v) is 4.52. The first-order chi connectivity index (χ1) is 10.8. The monoisotopic (exact) mass is 317 g/mol. The minimum Gasteiger partial charge on any atom is -0.379 e. The van der Waals surface area contributed by atoms with E-state index in [2.05, 4.69) is 22.5 Å². The maximum absolute atomic E-state index is 11.9. The molecule has 1 amide bonds. The molecule has 1 aliphatic rings. The van der Waals surface area contributed by atoms with E-state index in [1.165, 1.54) is 4.90 Å². The molecule has 1 saturated heterocycles. The predicted molar refractivity (Wildman–Crippen MR) is 87.1 cm³/mol. The highest BCUT2D eigenvalue weighted by Crippen LogP contribution is 2.20. The number of nitrogens with zero attached hydrogens (tertiary/aromatic N) is 2. The molecular weight excluding hydrogens is 298 g/mol. The van der Waals surface area contributed by atoms with Crippen LogP contribution in [0.5, 0.6) is 0 Å². The first-order valence-electron chi connectivity index (χ1n) is 7.41. The van der Waals surface area contributed by atoms with Gasteiger partial charge in [-0.1, -0.05) is 18.2 Å². The summed E-state index contributed by atoms with van der Waals surface area (Å²) in [5, 5.41) is 7.19. The fourth-order valence-corrected chi connectivity index (χ4v) is 3.21. The second-order valence-corrected chi connectivity index (χ2v) is 6.35. The van der Waals surface area contributed by atoms with Gasteiger partial charge < -0.3 is 10.1 Å². The maximum Gasteiger partial charge on any atom is 0.225 e. The molecule has 1 aromatic carbocycles. The van der Waals surface area contributed by atoms with Crippen LogP contribution in [0.25, 0.3) is 0 Å². The van der Waals surface area contributed by atoms with E-state index in [0.717, 1.165) is 24.5 Å². The van der Waals surface area contributed by atoms with Gasteiger partial charge in [-0.05, 0) is 18.6 Å². The van der Waals surface area contributed by atoms with Gasteiger partial charge in [-0.2, -0.15) is 5.10 Å². The molecule has 2 heterocycles. The highest BCUT2D eigenvalue weighted by molar-refractivity contribution is 7.99. The molecule has 6 heteroatoms. The number of rotatable bonds is 6. The number of aromatic nitrogens is 2. The van der Waals surface area contributed by atoms with Crippen LogP contribution in [0.2, 0.25) is 0 Å². The normalized spacial score (nSPS) is 17.5. The second kappa shape index (κ2) is 7.47. The molecule has 0 spiro atoms. The fourth-order valence-electron chi connectivity index (χ4n) is 2.33. The molecule has 1 fully saturated rings. The molecular formula is C16H19N3O2S. The Bertz CT molecular complexity index is 609. The average molecular weight is 317 g/mol. The molecule has 0 saturated carbocycles. The Morgan fingerprint density at radius 1 is 1.41 bits per heavy atom. The standard InChI is InChI=1S/C16H19N3O2S/c20-16(7-9-22-15-4-2-1-3-5-15)18-13-10-17-19(11-13)14-6-8-21-12-14/h1-5,10-11,14H,6-9,12H2,(H,18,20)/t14-/m0/s1. The third-order valence-electron chi connectivity index (χ3n) is 3.51. The lowest BCUT2D eigenvalue weighted by molar-refractivity contribution is -0.115. The third kappa shape index (κ3) is 4.11.